The van der Waals surface area contributed by atoms with Crippen LogP contribution in [0.3, 0.4) is 0 Å². The highest BCUT2D eigenvalue weighted by Gasteiger charge is 2.41. The third-order valence-electron chi connectivity index (χ3n) is 6.76. The molecule has 35 heavy (non-hydrogen) atoms. The molecule has 186 valence electrons. The van der Waals surface area contributed by atoms with Gasteiger partial charge in [0.15, 0.2) is 0 Å². The zero-order valence-corrected chi connectivity index (χ0v) is 20.7. The van der Waals surface area contributed by atoms with Gasteiger partial charge in [-0.05, 0) is 37.5 Å². The summed E-state index contributed by atoms with van der Waals surface area (Å²) in [4.78, 5) is 40.5. The van der Waals surface area contributed by atoms with Gasteiger partial charge in [0.2, 0.25) is 11.8 Å². The Bertz CT molecular complexity index is 1190. The van der Waals surface area contributed by atoms with E-state index in [9.17, 15) is 22.8 Å². The molecule has 4 rings (SSSR count). The van der Waals surface area contributed by atoms with Crippen molar-refractivity contribution < 1.29 is 22.8 Å². The summed E-state index contributed by atoms with van der Waals surface area (Å²) in [6.07, 6.45) is 4.97. The van der Waals surface area contributed by atoms with E-state index in [4.69, 9.17) is 0 Å². The lowest BCUT2D eigenvalue weighted by atomic mass is 9.95. The Hall–Kier alpha value is -3.20. The number of benzene rings is 2. The van der Waals surface area contributed by atoms with Gasteiger partial charge in [-0.3, -0.25) is 14.4 Å². The molecule has 9 heteroatoms. The number of nitrogens with zero attached hydrogens (tertiary/aromatic N) is 2. The number of hydrogen-bond acceptors (Lipinski definition) is 5. The second kappa shape index (κ2) is 10.6. The summed E-state index contributed by atoms with van der Waals surface area (Å²) in [5.74, 6) is -1.25. The van der Waals surface area contributed by atoms with Crippen molar-refractivity contribution in [2.75, 3.05) is 6.54 Å². The zero-order valence-electron chi connectivity index (χ0n) is 19.9. The molecular weight excluding hydrogens is 466 g/mol. The molecule has 2 aromatic carbocycles. The average molecular weight is 498 g/mol. The molecule has 2 aliphatic rings. The van der Waals surface area contributed by atoms with Crippen LogP contribution in [0.2, 0.25) is 0 Å². The van der Waals surface area contributed by atoms with Gasteiger partial charge in [0.25, 0.3) is 15.9 Å². The molecule has 1 aliphatic carbocycles. The van der Waals surface area contributed by atoms with E-state index >= 15 is 0 Å². The summed E-state index contributed by atoms with van der Waals surface area (Å²) >= 11 is 0. The lowest BCUT2D eigenvalue weighted by Crippen LogP contribution is -2.50. The number of sulfonamides is 1. The highest BCUT2D eigenvalue weighted by Crippen LogP contribution is 2.30. The molecule has 1 atom stereocenters. The van der Waals surface area contributed by atoms with E-state index in [0.29, 0.717) is 0 Å². The maximum Gasteiger partial charge on any atom is 0.269 e. The molecular formula is C26H31N3O5S. The van der Waals surface area contributed by atoms with Crippen molar-refractivity contribution in [3.63, 3.8) is 0 Å². The molecule has 1 saturated carbocycles. The highest BCUT2D eigenvalue weighted by atomic mass is 32.2. The van der Waals surface area contributed by atoms with E-state index in [0.717, 1.165) is 35.6 Å². The van der Waals surface area contributed by atoms with E-state index in [2.05, 4.69) is 5.32 Å². The van der Waals surface area contributed by atoms with Crippen molar-refractivity contribution >= 4 is 27.7 Å². The number of hydrogen-bond donors (Lipinski definition) is 1. The summed E-state index contributed by atoms with van der Waals surface area (Å²) in [6.45, 7) is 1.61. The van der Waals surface area contributed by atoms with Crippen LogP contribution in [-0.2, 0) is 26.2 Å². The Morgan fingerprint density at radius 2 is 1.69 bits per heavy atom. The molecule has 1 fully saturated rings. The summed E-state index contributed by atoms with van der Waals surface area (Å²) in [5.41, 5.74) is 0.969. The summed E-state index contributed by atoms with van der Waals surface area (Å²) in [5, 5.41) is 3.08. The molecule has 1 heterocycles. The molecule has 8 nitrogen and oxygen atoms in total. The Kier molecular flexibility index (Phi) is 7.54. The minimum atomic E-state index is -4.00. The Labute approximate surface area is 206 Å². The van der Waals surface area contributed by atoms with Crippen LogP contribution >= 0.6 is 0 Å². The predicted molar refractivity (Wildman–Crippen MR) is 131 cm³/mol. The minimum absolute atomic E-state index is 0.0428. The van der Waals surface area contributed by atoms with Crippen molar-refractivity contribution in [3.8, 4) is 0 Å². The number of fused-ring (bicyclic) bond motifs is 1. The third-order valence-corrected chi connectivity index (χ3v) is 8.60. The fourth-order valence-corrected chi connectivity index (χ4v) is 6.29. The summed E-state index contributed by atoms with van der Waals surface area (Å²) in [7, 11) is -4.00. The first kappa shape index (κ1) is 24.9. The monoisotopic (exact) mass is 497 g/mol. The second-order valence-electron chi connectivity index (χ2n) is 9.16. The number of amides is 3. The predicted octanol–water partition coefficient (Wildman–Crippen LogP) is 3.09. The van der Waals surface area contributed by atoms with Gasteiger partial charge in [0.05, 0.1) is 5.56 Å². The first-order valence-electron chi connectivity index (χ1n) is 12.1. The van der Waals surface area contributed by atoms with Crippen LogP contribution in [0.25, 0.3) is 0 Å². The van der Waals surface area contributed by atoms with Gasteiger partial charge in [-0.15, -0.1) is 0 Å². The van der Waals surface area contributed by atoms with Crippen LogP contribution in [0, 0.1) is 0 Å². The van der Waals surface area contributed by atoms with Gasteiger partial charge in [0, 0.05) is 25.6 Å². The van der Waals surface area contributed by atoms with Gasteiger partial charge < -0.3 is 10.2 Å². The van der Waals surface area contributed by atoms with Crippen LogP contribution in [0.5, 0.6) is 0 Å². The highest BCUT2D eigenvalue weighted by molar-refractivity contribution is 7.90. The number of nitrogens with one attached hydrogen (secondary N) is 1. The molecule has 0 spiro atoms. The van der Waals surface area contributed by atoms with E-state index < -0.39 is 22.0 Å². The van der Waals surface area contributed by atoms with Crippen molar-refractivity contribution in [1.29, 1.82) is 0 Å². The van der Waals surface area contributed by atoms with Crippen LogP contribution in [0.15, 0.2) is 59.5 Å². The normalized spacial score (nSPS) is 18.1. The fourth-order valence-electron chi connectivity index (χ4n) is 4.72. The smallest absolute Gasteiger partial charge is 0.269 e. The van der Waals surface area contributed by atoms with Gasteiger partial charge in [-0.2, -0.15) is 0 Å². The van der Waals surface area contributed by atoms with Crippen molar-refractivity contribution in [3.05, 3.63) is 65.7 Å². The first-order valence-corrected chi connectivity index (χ1v) is 13.5. The molecule has 1 unspecified atom stereocenters. The SMILES string of the molecule is CC(C(=O)NC1CCCCC1)N(Cc1ccccc1)C(=O)CCN1C(=O)c2ccccc2S1(=O)=O. The van der Waals surface area contributed by atoms with Gasteiger partial charge in [-0.1, -0.05) is 61.7 Å². The lowest BCUT2D eigenvalue weighted by Gasteiger charge is -2.31. The zero-order chi connectivity index (χ0) is 25.0. The Morgan fingerprint density at radius 1 is 1.03 bits per heavy atom. The van der Waals surface area contributed by atoms with Crippen LogP contribution < -0.4 is 5.32 Å². The van der Waals surface area contributed by atoms with Crippen molar-refractivity contribution in [2.24, 2.45) is 0 Å². The first-order chi connectivity index (χ1) is 16.8. The van der Waals surface area contributed by atoms with E-state index in [1.807, 2.05) is 30.3 Å². The molecule has 0 radical (unpaired) electrons. The van der Waals surface area contributed by atoms with Crippen molar-refractivity contribution in [1.82, 2.24) is 14.5 Å². The average Bonchev–Trinajstić information content (AvgIpc) is 3.06. The topological polar surface area (TPSA) is 104 Å². The summed E-state index contributed by atoms with van der Waals surface area (Å²) < 4.78 is 26.4. The molecule has 1 N–H and O–H groups in total. The molecule has 0 saturated heterocycles. The minimum Gasteiger partial charge on any atom is -0.352 e. The number of carbonyl (C=O) groups excluding carboxylic acids is 3. The van der Waals surface area contributed by atoms with Crippen molar-refractivity contribution in [2.45, 2.75) is 69.0 Å². The van der Waals surface area contributed by atoms with E-state index in [-0.39, 0.29) is 47.8 Å². The Balaban J connectivity index is 1.48. The number of rotatable bonds is 8. The van der Waals surface area contributed by atoms with E-state index in [1.165, 1.54) is 23.5 Å². The molecule has 1 aliphatic heterocycles. The maximum absolute atomic E-state index is 13.3. The second-order valence-corrected chi connectivity index (χ2v) is 11.0. The fraction of sp³-hybridized carbons (Fsp3) is 0.423. The molecule has 3 amide bonds. The van der Waals surface area contributed by atoms with E-state index in [1.54, 1.807) is 19.1 Å². The quantitative estimate of drug-likeness (QED) is 0.604. The maximum atomic E-state index is 13.3. The Morgan fingerprint density at radius 3 is 2.37 bits per heavy atom. The van der Waals surface area contributed by atoms with Crippen LogP contribution in [0.1, 0.15) is 61.4 Å². The summed E-state index contributed by atoms with van der Waals surface area (Å²) in [6, 6.07) is 14.7. The third kappa shape index (κ3) is 5.40. The van der Waals surface area contributed by atoms with Gasteiger partial charge in [-0.25, -0.2) is 12.7 Å². The van der Waals surface area contributed by atoms with Crippen LogP contribution in [-0.4, -0.2) is 54.0 Å². The lowest BCUT2D eigenvalue weighted by molar-refractivity contribution is -0.141. The van der Waals surface area contributed by atoms with Gasteiger partial charge >= 0.3 is 0 Å². The molecule has 0 bridgehead atoms. The van der Waals surface area contributed by atoms with Gasteiger partial charge in [0.1, 0.15) is 10.9 Å². The van der Waals surface area contributed by atoms with Crippen LogP contribution in [0.4, 0.5) is 0 Å². The molecule has 2 aromatic rings. The molecule has 0 aromatic heterocycles. The standard InChI is InChI=1S/C26H31N3O5S/c1-19(25(31)27-21-12-6-3-7-13-21)28(18-20-10-4-2-5-11-20)24(30)16-17-29-26(32)22-14-8-9-15-23(22)35(29,33)34/h2,4-5,8-11,14-15,19,21H,3,6-7,12-13,16-18H2,1H3,(H,27,31). The largest absolute Gasteiger partial charge is 0.352 e. The number of carbonyl (C=O) groups is 3.